The Kier molecular flexibility index (Phi) is 5.79. The second-order valence-electron chi connectivity index (χ2n) is 6.28. The fourth-order valence-electron chi connectivity index (χ4n) is 2.70. The molecule has 0 unspecified atom stereocenters. The van der Waals surface area contributed by atoms with E-state index in [-0.39, 0.29) is 16.1 Å². The van der Waals surface area contributed by atoms with Crippen molar-refractivity contribution in [2.75, 3.05) is 11.4 Å². The van der Waals surface area contributed by atoms with Gasteiger partial charge in [0, 0.05) is 5.56 Å². The van der Waals surface area contributed by atoms with E-state index in [4.69, 9.17) is 4.74 Å². The van der Waals surface area contributed by atoms with Crippen LogP contribution in [-0.2, 0) is 14.8 Å². The standard InChI is InChI=1S/C22H19NO5S/c1-16-8-14-20(15-9-16)29(26,27)23(18-6-4-3-5-7-18)22(25)21(24)17-10-12-19(28-2)13-11-17/h3-15H,1-2H3. The summed E-state index contributed by atoms with van der Waals surface area (Å²) in [4.78, 5) is 25.8. The van der Waals surface area contributed by atoms with Crippen LogP contribution >= 0.6 is 0 Å². The van der Waals surface area contributed by atoms with Crippen LogP contribution in [0.5, 0.6) is 5.75 Å². The summed E-state index contributed by atoms with van der Waals surface area (Å²) in [5.74, 6) is -1.59. The van der Waals surface area contributed by atoms with E-state index in [2.05, 4.69) is 0 Å². The van der Waals surface area contributed by atoms with Crippen LogP contribution in [0.15, 0.2) is 83.8 Å². The maximum atomic E-state index is 13.3. The highest BCUT2D eigenvalue weighted by Gasteiger charge is 2.35. The number of carbonyl (C=O) groups is 2. The third-order valence-electron chi connectivity index (χ3n) is 4.28. The number of ketones is 1. The van der Waals surface area contributed by atoms with Gasteiger partial charge in [-0.05, 0) is 55.5 Å². The van der Waals surface area contributed by atoms with Gasteiger partial charge in [-0.15, -0.1) is 0 Å². The quantitative estimate of drug-likeness (QED) is 0.459. The van der Waals surface area contributed by atoms with Gasteiger partial charge in [-0.2, -0.15) is 4.31 Å². The van der Waals surface area contributed by atoms with Gasteiger partial charge in [-0.3, -0.25) is 9.59 Å². The maximum absolute atomic E-state index is 13.3. The summed E-state index contributed by atoms with van der Waals surface area (Å²) in [5, 5.41) is 0. The van der Waals surface area contributed by atoms with Crippen LogP contribution in [0.3, 0.4) is 0 Å². The van der Waals surface area contributed by atoms with E-state index in [1.807, 2.05) is 6.92 Å². The first kappa shape index (κ1) is 20.3. The Morgan fingerprint density at radius 3 is 1.97 bits per heavy atom. The van der Waals surface area contributed by atoms with Crippen molar-refractivity contribution in [3.8, 4) is 5.75 Å². The summed E-state index contributed by atoms with van der Waals surface area (Å²) >= 11 is 0. The molecule has 0 spiro atoms. The average molecular weight is 409 g/mol. The number of anilines is 1. The normalized spacial score (nSPS) is 11.0. The molecule has 0 saturated carbocycles. The number of methoxy groups -OCH3 is 1. The van der Waals surface area contributed by atoms with E-state index in [1.165, 1.54) is 55.6 Å². The summed E-state index contributed by atoms with van der Waals surface area (Å²) < 4.78 is 32.1. The molecule has 29 heavy (non-hydrogen) atoms. The summed E-state index contributed by atoms with van der Waals surface area (Å²) in [6.07, 6.45) is 0. The molecule has 0 fully saturated rings. The van der Waals surface area contributed by atoms with E-state index < -0.39 is 21.7 Å². The van der Waals surface area contributed by atoms with Gasteiger partial charge in [0.05, 0.1) is 17.7 Å². The lowest BCUT2D eigenvalue weighted by Gasteiger charge is -2.22. The highest BCUT2D eigenvalue weighted by molar-refractivity contribution is 7.93. The zero-order valence-electron chi connectivity index (χ0n) is 15.9. The van der Waals surface area contributed by atoms with Crippen molar-refractivity contribution in [3.05, 3.63) is 90.0 Å². The number of rotatable bonds is 6. The molecule has 0 bridgehead atoms. The van der Waals surface area contributed by atoms with Crippen molar-refractivity contribution in [2.24, 2.45) is 0 Å². The number of hydrogen-bond donors (Lipinski definition) is 0. The summed E-state index contributed by atoms with van der Waals surface area (Å²) in [5.41, 5.74) is 1.02. The Labute approximate surface area is 169 Å². The van der Waals surface area contributed by atoms with Gasteiger partial charge in [-0.1, -0.05) is 35.9 Å². The molecular weight excluding hydrogens is 390 g/mol. The Hall–Kier alpha value is -3.45. The number of benzene rings is 3. The number of carbonyl (C=O) groups excluding carboxylic acids is 2. The molecule has 0 aromatic heterocycles. The zero-order valence-corrected chi connectivity index (χ0v) is 16.7. The fourth-order valence-corrected chi connectivity index (χ4v) is 4.09. The number of para-hydroxylation sites is 1. The molecule has 0 heterocycles. The first-order valence-electron chi connectivity index (χ1n) is 8.74. The van der Waals surface area contributed by atoms with Crippen molar-refractivity contribution in [2.45, 2.75) is 11.8 Å². The second-order valence-corrected chi connectivity index (χ2v) is 8.07. The van der Waals surface area contributed by atoms with Crippen molar-refractivity contribution in [3.63, 3.8) is 0 Å². The Morgan fingerprint density at radius 2 is 1.41 bits per heavy atom. The van der Waals surface area contributed by atoms with E-state index in [0.29, 0.717) is 10.1 Å². The minimum Gasteiger partial charge on any atom is -0.497 e. The van der Waals surface area contributed by atoms with Crippen molar-refractivity contribution >= 4 is 27.4 Å². The number of aryl methyl sites for hydroxylation is 1. The molecule has 0 aliphatic carbocycles. The Bertz CT molecular complexity index is 1120. The topological polar surface area (TPSA) is 80.8 Å². The molecule has 0 aliphatic rings. The molecular formula is C22H19NO5S. The lowest BCUT2D eigenvalue weighted by atomic mass is 10.1. The highest BCUT2D eigenvalue weighted by atomic mass is 32.2. The third-order valence-corrected chi connectivity index (χ3v) is 6.01. The van der Waals surface area contributed by atoms with Crippen molar-refractivity contribution in [1.82, 2.24) is 0 Å². The fraction of sp³-hybridized carbons (Fsp3) is 0.0909. The van der Waals surface area contributed by atoms with Gasteiger partial charge < -0.3 is 4.74 Å². The molecule has 0 N–H and O–H groups in total. The summed E-state index contributed by atoms with van der Waals surface area (Å²) in [6, 6.07) is 19.8. The molecule has 3 aromatic rings. The molecule has 0 aliphatic heterocycles. The van der Waals surface area contributed by atoms with Gasteiger partial charge in [0.1, 0.15) is 5.75 Å². The molecule has 1 amide bonds. The monoisotopic (exact) mass is 409 g/mol. The molecule has 7 heteroatoms. The van der Waals surface area contributed by atoms with Gasteiger partial charge >= 0.3 is 5.91 Å². The van der Waals surface area contributed by atoms with Gasteiger partial charge in [0.2, 0.25) is 0 Å². The van der Waals surface area contributed by atoms with Crippen LogP contribution in [0, 0.1) is 6.92 Å². The van der Waals surface area contributed by atoms with Crippen LogP contribution in [-0.4, -0.2) is 27.2 Å². The number of sulfonamides is 1. The summed E-state index contributed by atoms with van der Waals surface area (Å²) in [6.45, 7) is 1.82. The Balaban J connectivity index is 2.07. The number of amides is 1. The molecule has 0 radical (unpaired) electrons. The first-order valence-corrected chi connectivity index (χ1v) is 10.2. The second kappa shape index (κ2) is 8.28. The molecule has 3 aromatic carbocycles. The number of ether oxygens (including phenoxy) is 1. The molecule has 6 nitrogen and oxygen atoms in total. The third kappa shape index (κ3) is 4.20. The van der Waals surface area contributed by atoms with Crippen LogP contribution in [0.2, 0.25) is 0 Å². The van der Waals surface area contributed by atoms with Gasteiger partial charge in [-0.25, -0.2) is 8.42 Å². The molecule has 0 atom stereocenters. The van der Waals surface area contributed by atoms with Crippen molar-refractivity contribution in [1.29, 1.82) is 0 Å². The average Bonchev–Trinajstić information content (AvgIpc) is 2.74. The molecule has 0 saturated heterocycles. The first-order chi connectivity index (χ1) is 13.8. The number of hydrogen-bond acceptors (Lipinski definition) is 5. The van der Waals surface area contributed by atoms with E-state index in [0.717, 1.165) is 5.56 Å². The SMILES string of the molecule is COc1ccc(C(=O)C(=O)N(c2ccccc2)S(=O)(=O)c2ccc(C)cc2)cc1. The van der Waals surface area contributed by atoms with Crippen LogP contribution in [0.1, 0.15) is 15.9 Å². The maximum Gasteiger partial charge on any atom is 0.313 e. The number of nitrogens with zero attached hydrogens (tertiary/aromatic N) is 1. The zero-order chi connectivity index (χ0) is 21.0. The predicted molar refractivity (Wildman–Crippen MR) is 110 cm³/mol. The van der Waals surface area contributed by atoms with Crippen LogP contribution < -0.4 is 9.04 Å². The largest absolute Gasteiger partial charge is 0.497 e. The lowest BCUT2D eigenvalue weighted by molar-refractivity contribution is -0.113. The van der Waals surface area contributed by atoms with E-state index in [1.54, 1.807) is 30.3 Å². The highest BCUT2D eigenvalue weighted by Crippen LogP contribution is 2.25. The smallest absolute Gasteiger partial charge is 0.313 e. The van der Waals surface area contributed by atoms with Crippen LogP contribution in [0.25, 0.3) is 0 Å². The van der Waals surface area contributed by atoms with Gasteiger partial charge in [0.25, 0.3) is 15.8 Å². The number of Topliss-reactive ketones (excluding diaryl/α,β-unsaturated/α-hetero) is 1. The van der Waals surface area contributed by atoms with E-state index >= 15 is 0 Å². The Morgan fingerprint density at radius 1 is 0.828 bits per heavy atom. The summed E-state index contributed by atoms with van der Waals surface area (Å²) in [7, 11) is -2.82. The molecule has 148 valence electrons. The minimum atomic E-state index is -4.30. The van der Waals surface area contributed by atoms with E-state index in [9.17, 15) is 18.0 Å². The lowest BCUT2D eigenvalue weighted by Crippen LogP contribution is -2.41. The molecule has 3 rings (SSSR count). The minimum absolute atomic E-state index is 0.0656. The van der Waals surface area contributed by atoms with Gasteiger partial charge in [0.15, 0.2) is 0 Å². The van der Waals surface area contributed by atoms with Crippen LogP contribution in [0.4, 0.5) is 5.69 Å². The predicted octanol–water partition coefficient (Wildman–Crippen LogP) is 3.61. The van der Waals surface area contributed by atoms with Crippen molar-refractivity contribution < 1.29 is 22.7 Å².